The van der Waals surface area contributed by atoms with Crippen molar-refractivity contribution in [1.29, 1.82) is 0 Å². The number of hydrogen-bond acceptors (Lipinski definition) is 6. The molecule has 0 unspecified atom stereocenters. The van der Waals surface area contributed by atoms with E-state index in [9.17, 15) is 0 Å². The maximum atomic E-state index is 9.12. The maximum Gasteiger partial charge on any atom is 0.0352 e. The average Bonchev–Trinajstić information content (AvgIpc) is 0.776. The van der Waals surface area contributed by atoms with E-state index in [0.29, 0.717) is 99.4 Å². The van der Waals surface area contributed by atoms with E-state index in [1.807, 2.05) is 207 Å². The summed E-state index contributed by atoms with van der Waals surface area (Å²) in [5.41, 5.74) is 24.8. The SMILES string of the molecule is [2H]C([2H])([2H])c1c[c-]c(-c2ccc(C([2H])([2H])[2H])cn2)cc1.[2H]C([2H])([2H])c1c[c-]c(-c2ccccn2)cc1.[2H]C([2H])([2H])c1cnc(-c2[c-]cccc2)cc1C.[2H]C1(c2ccccc2)CCC([2H])(c2ccc(-c3ccnc(-c4[c-]cccc4)c3)cc2)CC1.[2H]C1(c2ccccc2)CCC([2H])(c2ccc(-c3ccnc(-c4[c-]cccc4)c3)cc2)CC1.[2H]C1(c2ccccc2)CCC([2H])(c2ccc(-c3ccnc(-c4[c-]cccc4)c3)cc2)CC1.[Ir].[Ir].[Ir]. The number of aryl methyl sites for hydroxylation is 5. The Morgan fingerprint density at radius 2 is 0.515 bits per heavy atom. The summed E-state index contributed by atoms with van der Waals surface area (Å²) in [5, 5.41) is 0. The minimum Gasteiger partial charge on any atom is -0.305 e. The first-order valence-electron chi connectivity index (χ1n) is 53.6. The Labute approximate surface area is 861 Å². The third-order valence-corrected chi connectivity index (χ3v) is 23.7. The third-order valence-electron chi connectivity index (χ3n) is 23.7. The van der Waals surface area contributed by atoms with Crippen LogP contribution in [0.3, 0.4) is 0 Å². The second-order valence-corrected chi connectivity index (χ2v) is 32.4. The molecule has 18 aromatic rings. The van der Waals surface area contributed by atoms with Crippen LogP contribution in [-0.4, -0.2) is 29.9 Å². The Bertz CT molecular complexity index is 6830. The van der Waals surface area contributed by atoms with Crippen LogP contribution in [0.2, 0.25) is 0 Å². The minimum absolute atomic E-state index is 0. The number of aromatic nitrogens is 6. The number of nitrogens with zero attached hydrogens (tertiary/aromatic N) is 6. The van der Waals surface area contributed by atoms with Gasteiger partial charge in [-0.05, 0) is 269 Å². The van der Waals surface area contributed by atoms with E-state index in [-0.39, 0.29) is 71.4 Å². The molecule has 9 heteroatoms. The molecule has 3 aliphatic carbocycles. The molecule has 21 rings (SSSR count). The van der Waals surface area contributed by atoms with Crippen LogP contribution in [-0.2, 0) is 60.3 Å². The Morgan fingerprint density at radius 1 is 0.224 bits per heavy atom. The molecule has 6 nitrogen and oxygen atoms in total. The molecule has 3 saturated carbocycles. The van der Waals surface area contributed by atoms with Gasteiger partial charge in [-0.2, -0.15) is 0 Å². The van der Waals surface area contributed by atoms with Gasteiger partial charge in [-0.1, -0.05) is 232 Å². The molecule has 0 saturated heterocycles. The second-order valence-electron chi connectivity index (χ2n) is 32.4. The van der Waals surface area contributed by atoms with Crippen molar-refractivity contribution in [2.75, 3.05) is 0 Å². The van der Waals surface area contributed by atoms with Crippen molar-refractivity contribution >= 4 is 0 Å². The van der Waals surface area contributed by atoms with Crippen LogP contribution < -0.4 is 0 Å². The molecule has 0 N–H and O–H groups in total. The van der Waals surface area contributed by atoms with Crippen molar-refractivity contribution < 1.29 is 85.0 Å². The average molecular weight is 2290 g/mol. The summed E-state index contributed by atoms with van der Waals surface area (Å²) in [6.45, 7) is -6.72. The fourth-order valence-corrected chi connectivity index (χ4v) is 16.4. The van der Waals surface area contributed by atoms with Gasteiger partial charge in [-0.15, -0.1) is 214 Å². The van der Waals surface area contributed by atoms with Crippen molar-refractivity contribution in [2.24, 2.45) is 0 Å². The van der Waals surface area contributed by atoms with E-state index in [4.69, 9.17) is 24.7 Å². The summed E-state index contributed by atoms with van der Waals surface area (Å²) >= 11 is 0. The summed E-state index contributed by atoms with van der Waals surface area (Å²) in [6, 6.07) is 137. The van der Waals surface area contributed by atoms with Crippen molar-refractivity contribution in [3.05, 3.63) is 505 Å². The summed E-state index contributed by atoms with van der Waals surface area (Å²) in [5.74, 6) is -3.60. The van der Waals surface area contributed by atoms with Crippen LogP contribution in [0.5, 0.6) is 0 Å². The van der Waals surface area contributed by atoms with Crippen LogP contribution in [0.1, 0.15) is 198 Å². The van der Waals surface area contributed by atoms with Crippen LogP contribution in [0.4, 0.5) is 0 Å². The van der Waals surface area contributed by atoms with Gasteiger partial charge in [0.15, 0.2) is 0 Å². The zero-order chi connectivity index (χ0) is 105. The minimum atomic E-state index is -2.18. The van der Waals surface area contributed by atoms with Crippen LogP contribution in [0.15, 0.2) is 407 Å². The summed E-state index contributed by atoms with van der Waals surface area (Å²) < 4.78 is 142. The molecule has 0 aliphatic heterocycles. The van der Waals surface area contributed by atoms with Gasteiger partial charge in [0.05, 0.1) is 0 Å². The molecule has 6 heterocycles. The Hall–Kier alpha value is -12.5. The number of rotatable bonds is 15. The summed E-state index contributed by atoms with van der Waals surface area (Å²) in [6.07, 6.45) is 18.4. The molecule has 675 valence electrons. The molecule has 6 aromatic heterocycles. The van der Waals surface area contributed by atoms with Crippen molar-refractivity contribution in [1.82, 2.24) is 29.9 Å². The van der Waals surface area contributed by atoms with E-state index in [1.165, 1.54) is 36.7 Å². The number of benzene rings is 12. The van der Waals surface area contributed by atoms with Gasteiger partial charge in [0.25, 0.3) is 0 Å². The van der Waals surface area contributed by atoms with Crippen LogP contribution in [0, 0.1) is 70.7 Å². The van der Waals surface area contributed by atoms with Crippen LogP contribution in [0.25, 0.3) is 101 Å². The predicted molar refractivity (Wildman–Crippen MR) is 542 cm³/mol. The molecular formula is C125H112Ir3N6-6. The first-order chi connectivity index (χ1) is 71.4. The first kappa shape index (κ1) is 76.9. The van der Waals surface area contributed by atoms with E-state index in [2.05, 4.69) is 194 Å². The Balaban J connectivity index is 0.000000154. The largest absolute Gasteiger partial charge is 0.305 e. The zero-order valence-corrected chi connectivity index (χ0v) is 81.5. The van der Waals surface area contributed by atoms with Gasteiger partial charge in [0, 0.05) is 122 Å². The van der Waals surface area contributed by atoms with Gasteiger partial charge < -0.3 is 29.9 Å². The Kier molecular flexibility index (Phi) is 29.3. The molecule has 3 fully saturated rings. The summed E-state index contributed by atoms with van der Waals surface area (Å²) in [7, 11) is 0. The Morgan fingerprint density at radius 3 is 0.791 bits per heavy atom. The summed E-state index contributed by atoms with van der Waals surface area (Å²) in [4.78, 5) is 25.9. The molecule has 0 bridgehead atoms. The van der Waals surface area contributed by atoms with Gasteiger partial charge in [0.1, 0.15) is 0 Å². The third kappa shape index (κ3) is 28.1. The van der Waals surface area contributed by atoms with Crippen LogP contribution >= 0.6 is 0 Å². The fraction of sp³-hybridized carbons (Fsp3) is 0.184. The number of hydrogen-bond donors (Lipinski definition) is 0. The molecule has 134 heavy (non-hydrogen) atoms. The predicted octanol–water partition coefficient (Wildman–Crippen LogP) is 32.2. The van der Waals surface area contributed by atoms with Gasteiger partial charge >= 0.3 is 0 Å². The molecular weight excluding hydrogens is 2160 g/mol. The first-order valence-corrected chi connectivity index (χ1v) is 44.6. The molecule has 0 spiro atoms. The van der Waals surface area contributed by atoms with E-state index < -0.39 is 62.8 Å². The molecule has 3 aliphatic rings. The zero-order valence-electron chi connectivity index (χ0n) is 92.4. The topological polar surface area (TPSA) is 77.3 Å². The number of pyridine rings is 6. The van der Waals surface area contributed by atoms with Gasteiger partial charge in [-0.25, -0.2) is 0 Å². The van der Waals surface area contributed by atoms with Gasteiger partial charge in [-0.3, -0.25) is 0 Å². The normalized spacial score (nSPS) is 21.4. The molecule has 0 amide bonds. The van der Waals surface area contributed by atoms with E-state index in [1.54, 1.807) is 43.5 Å². The van der Waals surface area contributed by atoms with Gasteiger partial charge in [0.2, 0.25) is 0 Å². The standard InChI is InChI=1S/3C29H26N.2C13H12N.C12H10N.3Ir/c3*1-3-7-22(8-4-1)23-11-13-24(14-12-23)25-15-17-26(18-16-25)28-19-20-30-29(21-28)27-9-5-2-6-10-27;1-10-3-6-12(7-4-10)13-8-5-11(2)9-14-13;1-10-8-13(14-9-11(10)2)12-6-4-3-5-7-12;1-10-5-7-11(8-6-10)12-4-2-3-9-13-12;;;/h3*1-9,15-21,23-24H,11-14H2;2*3-6,8-9H,1-2H3;2-7,9H,1H3;;;/q6*-1;;;/i3*23D,24D;1D3,2D3;2D3;1D3;;;. The van der Waals surface area contributed by atoms with Crippen molar-refractivity contribution in [2.45, 2.75) is 147 Å². The quantitative estimate of drug-likeness (QED) is 0.0952. The van der Waals surface area contributed by atoms with E-state index >= 15 is 0 Å². The smallest absolute Gasteiger partial charge is 0.0352 e. The molecule has 3 radical (unpaired) electrons. The molecule has 12 aromatic carbocycles. The monoisotopic (exact) mass is 2290 g/mol. The second kappa shape index (κ2) is 51.1. The van der Waals surface area contributed by atoms with Crippen molar-refractivity contribution in [3.63, 3.8) is 0 Å². The molecule has 0 atom stereocenters. The van der Waals surface area contributed by atoms with Crippen molar-refractivity contribution in [3.8, 4) is 101 Å². The maximum absolute atomic E-state index is 9.12. The van der Waals surface area contributed by atoms with E-state index in [0.717, 1.165) is 129 Å². The fourth-order valence-electron chi connectivity index (χ4n) is 16.4.